The number of morpholine rings is 1. The number of nitrogens with zero attached hydrogens (tertiary/aromatic N) is 1. The van der Waals surface area contributed by atoms with Crippen LogP contribution in [0.25, 0.3) is 0 Å². The van der Waals surface area contributed by atoms with Gasteiger partial charge < -0.3 is 14.8 Å². The van der Waals surface area contributed by atoms with Crippen molar-refractivity contribution in [3.63, 3.8) is 0 Å². The van der Waals surface area contributed by atoms with Crippen LogP contribution < -0.4 is 5.32 Å². The fourth-order valence-electron chi connectivity index (χ4n) is 3.96. The van der Waals surface area contributed by atoms with Crippen LogP contribution in [0.15, 0.2) is 0 Å². The normalized spacial score (nSPS) is 34.0. The van der Waals surface area contributed by atoms with Gasteiger partial charge in [0, 0.05) is 12.6 Å². The van der Waals surface area contributed by atoms with Gasteiger partial charge in [-0.15, -0.1) is 0 Å². The summed E-state index contributed by atoms with van der Waals surface area (Å²) in [6.07, 6.45) is 4.16. The molecule has 5 heteroatoms. The largest absolute Gasteiger partial charge is 0.468 e. The van der Waals surface area contributed by atoms with Gasteiger partial charge in [-0.05, 0) is 45.2 Å². The third-order valence-electron chi connectivity index (χ3n) is 5.13. The van der Waals surface area contributed by atoms with Gasteiger partial charge in [0.1, 0.15) is 5.54 Å². The number of nitrogens with one attached hydrogen (secondary N) is 1. The van der Waals surface area contributed by atoms with E-state index >= 15 is 0 Å². The zero-order valence-electron chi connectivity index (χ0n) is 13.7. The second kappa shape index (κ2) is 7.56. The highest BCUT2D eigenvalue weighted by molar-refractivity contribution is 5.81. The van der Waals surface area contributed by atoms with Crippen LogP contribution in [0.4, 0.5) is 0 Å². The van der Waals surface area contributed by atoms with Crippen LogP contribution in [0.2, 0.25) is 0 Å². The lowest BCUT2D eigenvalue weighted by Gasteiger charge is -2.37. The van der Waals surface area contributed by atoms with Crippen molar-refractivity contribution in [3.8, 4) is 0 Å². The summed E-state index contributed by atoms with van der Waals surface area (Å²) in [5, 5.41) is 3.44. The first-order chi connectivity index (χ1) is 10.1. The molecule has 2 aliphatic rings. The summed E-state index contributed by atoms with van der Waals surface area (Å²) in [5.41, 5.74) is -0.459. The van der Waals surface area contributed by atoms with Gasteiger partial charge >= 0.3 is 5.97 Å². The number of methoxy groups -OCH3 is 1. The number of carbonyl (C=O) groups excluding carboxylic acids is 1. The van der Waals surface area contributed by atoms with Crippen LogP contribution in [0.5, 0.6) is 0 Å². The van der Waals surface area contributed by atoms with Crippen molar-refractivity contribution in [1.82, 2.24) is 10.2 Å². The number of esters is 1. The van der Waals surface area contributed by atoms with Gasteiger partial charge in [-0.3, -0.25) is 9.69 Å². The predicted octanol–water partition coefficient (Wildman–Crippen LogP) is 1.42. The monoisotopic (exact) mass is 298 g/mol. The van der Waals surface area contributed by atoms with Gasteiger partial charge in [0.05, 0.1) is 20.3 Å². The molecule has 2 rings (SSSR count). The first-order valence-electron chi connectivity index (χ1n) is 8.29. The van der Waals surface area contributed by atoms with Crippen molar-refractivity contribution >= 4 is 5.97 Å². The minimum absolute atomic E-state index is 0.0816. The molecule has 1 saturated heterocycles. The molecule has 0 aromatic carbocycles. The van der Waals surface area contributed by atoms with Crippen LogP contribution in [-0.2, 0) is 14.3 Å². The molecule has 0 spiro atoms. The number of rotatable bonds is 6. The molecule has 1 saturated carbocycles. The van der Waals surface area contributed by atoms with Crippen molar-refractivity contribution in [2.75, 3.05) is 40.0 Å². The van der Waals surface area contributed by atoms with E-state index < -0.39 is 5.54 Å². The second-order valence-electron chi connectivity index (χ2n) is 6.33. The maximum atomic E-state index is 12.3. The van der Waals surface area contributed by atoms with Gasteiger partial charge in [0.25, 0.3) is 0 Å². The molecular weight excluding hydrogens is 268 g/mol. The Labute approximate surface area is 128 Å². The van der Waals surface area contributed by atoms with Gasteiger partial charge in [-0.2, -0.15) is 0 Å². The fraction of sp³-hybridized carbons (Fsp3) is 0.938. The molecule has 0 radical (unpaired) electrons. The Bertz CT molecular complexity index is 350. The molecule has 1 heterocycles. The molecule has 0 aromatic rings. The van der Waals surface area contributed by atoms with E-state index in [9.17, 15) is 4.79 Å². The molecule has 0 amide bonds. The summed E-state index contributed by atoms with van der Waals surface area (Å²) in [7, 11) is 1.50. The van der Waals surface area contributed by atoms with Crippen molar-refractivity contribution in [2.24, 2.45) is 5.92 Å². The summed E-state index contributed by atoms with van der Waals surface area (Å²) < 4.78 is 10.6. The summed E-state index contributed by atoms with van der Waals surface area (Å²) in [6, 6.07) is 0.479. The number of hydrogen-bond acceptors (Lipinski definition) is 5. The molecule has 3 atom stereocenters. The first kappa shape index (κ1) is 16.7. The molecule has 2 fully saturated rings. The van der Waals surface area contributed by atoms with Crippen LogP contribution >= 0.6 is 0 Å². The van der Waals surface area contributed by atoms with Gasteiger partial charge in [-0.1, -0.05) is 13.3 Å². The van der Waals surface area contributed by atoms with E-state index in [-0.39, 0.29) is 5.97 Å². The SMILES string of the molecule is CCNC1(C(=O)OC)CCCC1CCN1CCOCC1C. The lowest BCUT2D eigenvalue weighted by atomic mass is 9.84. The highest BCUT2D eigenvalue weighted by Gasteiger charge is 2.49. The number of ether oxygens (including phenoxy) is 2. The van der Waals surface area contributed by atoms with Crippen LogP contribution in [0.1, 0.15) is 39.5 Å². The maximum Gasteiger partial charge on any atom is 0.326 e. The molecule has 3 unspecified atom stereocenters. The third-order valence-corrected chi connectivity index (χ3v) is 5.13. The molecule has 122 valence electrons. The van der Waals surface area contributed by atoms with Crippen molar-refractivity contribution in [3.05, 3.63) is 0 Å². The van der Waals surface area contributed by atoms with E-state index in [2.05, 4.69) is 24.1 Å². The molecule has 21 heavy (non-hydrogen) atoms. The van der Waals surface area contributed by atoms with Crippen molar-refractivity contribution in [2.45, 2.75) is 51.1 Å². The first-order valence-corrected chi connectivity index (χ1v) is 8.29. The van der Waals surface area contributed by atoms with Crippen molar-refractivity contribution < 1.29 is 14.3 Å². The number of hydrogen-bond donors (Lipinski definition) is 1. The van der Waals surface area contributed by atoms with Gasteiger partial charge in [-0.25, -0.2) is 0 Å². The standard InChI is InChI=1S/C16H30N2O3/c1-4-17-16(15(19)20-3)8-5-6-14(16)7-9-18-10-11-21-12-13(18)2/h13-14,17H,4-12H2,1-3H3. The highest BCUT2D eigenvalue weighted by Crippen LogP contribution is 2.39. The van der Waals surface area contributed by atoms with Gasteiger partial charge in [0.15, 0.2) is 0 Å². The van der Waals surface area contributed by atoms with E-state index in [0.29, 0.717) is 12.0 Å². The zero-order valence-corrected chi connectivity index (χ0v) is 13.7. The second-order valence-corrected chi connectivity index (χ2v) is 6.33. The van der Waals surface area contributed by atoms with Crippen LogP contribution in [0.3, 0.4) is 0 Å². The Morgan fingerprint density at radius 1 is 1.52 bits per heavy atom. The lowest BCUT2D eigenvalue weighted by Crippen LogP contribution is -2.56. The number of likely N-dealkylation sites (N-methyl/N-ethyl adjacent to an activating group) is 1. The van der Waals surface area contributed by atoms with E-state index in [1.807, 2.05) is 0 Å². The molecule has 1 N–H and O–H groups in total. The predicted molar refractivity (Wildman–Crippen MR) is 82.2 cm³/mol. The fourth-order valence-corrected chi connectivity index (χ4v) is 3.96. The average Bonchev–Trinajstić information content (AvgIpc) is 2.90. The minimum atomic E-state index is -0.459. The Hall–Kier alpha value is -0.650. The quantitative estimate of drug-likeness (QED) is 0.752. The Morgan fingerprint density at radius 3 is 3.00 bits per heavy atom. The molecule has 1 aliphatic heterocycles. The van der Waals surface area contributed by atoms with E-state index in [4.69, 9.17) is 9.47 Å². The Balaban J connectivity index is 1.98. The third kappa shape index (κ3) is 3.58. The number of carbonyl (C=O) groups is 1. The Kier molecular flexibility index (Phi) is 6.02. The lowest BCUT2D eigenvalue weighted by molar-refractivity contribution is -0.150. The highest BCUT2D eigenvalue weighted by atomic mass is 16.5. The van der Waals surface area contributed by atoms with E-state index in [0.717, 1.165) is 58.5 Å². The van der Waals surface area contributed by atoms with E-state index in [1.54, 1.807) is 0 Å². The molecule has 5 nitrogen and oxygen atoms in total. The topological polar surface area (TPSA) is 50.8 Å². The van der Waals surface area contributed by atoms with Crippen LogP contribution in [0, 0.1) is 5.92 Å². The zero-order chi connectivity index (χ0) is 15.3. The molecular formula is C16H30N2O3. The summed E-state index contributed by atoms with van der Waals surface area (Å²) in [6.45, 7) is 8.76. The Morgan fingerprint density at radius 2 is 2.33 bits per heavy atom. The smallest absolute Gasteiger partial charge is 0.326 e. The van der Waals surface area contributed by atoms with Crippen LogP contribution in [-0.4, -0.2) is 62.4 Å². The van der Waals surface area contributed by atoms with Gasteiger partial charge in [0.2, 0.25) is 0 Å². The summed E-state index contributed by atoms with van der Waals surface area (Å²) >= 11 is 0. The molecule has 1 aliphatic carbocycles. The molecule has 0 bridgehead atoms. The van der Waals surface area contributed by atoms with E-state index in [1.165, 1.54) is 7.11 Å². The van der Waals surface area contributed by atoms with Crippen molar-refractivity contribution in [1.29, 1.82) is 0 Å². The molecule has 0 aromatic heterocycles. The average molecular weight is 298 g/mol. The summed E-state index contributed by atoms with van der Waals surface area (Å²) in [5.74, 6) is 0.293. The maximum absolute atomic E-state index is 12.3. The summed E-state index contributed by atoms with van der Waals surface area (Å²) in [4.78, 5) is 14.8. The minimum Gasteiger partial charge on any atom is -0.468 e.